The van der Waals surface area contributed by atoms with Crippen molar-refractivity contribution < 1.29 is 4.39 Å². The second-order valence-electron chi connectivity index (χ2n) is 2.84. The molecule has 72 valence electrons. The first-order valence-corrected chi connectivity index (χ1v) is 4.80. The van der Waals surface area contributed by atoms with Crippen molar-refractivity contribution >= 4 is 11.6 Å². The highest BCUT2D eigenvalue weighted by Gasteiger charge is 2.11. The van der Waals surface area contributed by atoms with Gasteiger partial charge in [-0.15, -0.1) is 11.6 Å². The molecule has 0 aromatic heterocycles. The van der Waals surface area contributed by atoms with Gasteiger partial charge in [0.25, 0.3) is 0 Å². The van der Waals surface area contributed by atoms with Crippen molar-refractivity contribution in [3.8, 4) is 0 Å². The van der Waals surface area contributed by atoms with E-state index in [0.717, 1.165) is 6.42 Å². The van der Waals surface area contributed by atoms with E-state index in [0.29, 0.717) is 11.4 Å². The van der Waals surface area contributed by atoms with Crippen molar-refractivity contribution in [2.24, 2.45) is 0 Å². The van der Waals surface area contributed by atoms with Crippen LogP contribution in [0.1, 0.15) is 18.0 Å². The zero-order valence-corrected chi connectivity index (χ0v) is 8.31. The van der Waals surface area contributed by atoms with Crippen LogP contribution >= 0.6 is 11.6 Å². The Labute approximate surface area is 82.9 Å². The minimum Gasteiger partial charge on any atom is -0.313 e. The fourth-order valence-electron chi connectivity index (χ4n) is 1.32. The van der Waals surface area contributed by atoms with E-state index in [1.807, 2.05) is 13.1 Å². The minimum atomic E-state index is -0.174. The molecule has 1 aromatic rings. The Bertz CT molecular complexity index is 265. The van der Waals surface area contributed by atoms with E-state index >= 15 is 0 Å². The Morgan fingerprint density at radius 3 is 2.69 bits per heavy atom. The summed E-state index contributed by atoms with van der Waals surface area (Å²) in [6, 6.07) is 6.78. The van der Waals surface area contributed by atoms with Crippen LogP contribution in [0.25, 0.3) is 0 Å². The van der Waals surface area contributed by atoms with Gasteiger partial charge in [0.1, 0.15) is 5.82 Å². The predicted molar refractivity (Wildman–Crippen MR) is 53.5 cm³/mol. The lowest BCUT2D eigenvalue weighted by Crippen LogP contribution is -2.17. The summed E-state index contributed by atoms with van der Waals surface area (Å²) in [4.78, 5) is 0. The van der Waals surface area contributed by atoms with Gasteiger partial charge >= 0.3 is 0 Å². The molecule has 1 nitrogen and oxygen atoms in total. The molecule has 0 heterocycles. The standard InChI is InChI=1S/C10H13ClFN/c1-13-10(6-7-11)8-4-2-3-5-9(8)12/h2-5,10,13H,6-7H2,1H3. The summed E-state index contributed by atoms with van der Waals surface area (Å²) in [5.74, 6) is 0.354. The van der Waals surface area contributed by atoms with Gasteiger partial charge in [-0.2, -0.15) is 0 Å². The lowest BCUT2D eigenvalue weighted by atomic mass is 10.0. The largest absolute Gasteiger partial charge is 0.313 e. The molecule has 1 N–H and O–H groups in total. The van der Waals surface area contributed by atoms with Gasteiger partial charge in [-0.25, -0.2) is 4.39 Å². The summed E-state index contributed by atoms with van der Waals surface area (Å²) in [6.45, 7) is 0. The van der Waals surface area contributed by atoms with E-state index in [-0.39, 0.29) is 11.9 Å². The normalized spacial score (nSPS) is 12.8. The van der Waals surface area contributed by atoms with Crippen LogP contribution in [0.5, 0.6) is 0 Å². The summed E-state index contributed by atoms with van der Waals surface area (Å²) >= 11 is 5.61. The molecule has 13 heavy (non-hydrogen) atoms. The van der Waals surface area contributed by atoms with E-state index in [1.54, 1.807) is 12.1 Å². The molecule has 0 radical (unpaired) electrons. The third kappa shape index (κ3) is 2.68. The second-order valence-corrected chi connectivity index (χ2v) is 3.22. The number of hydrogen-bond acceptors (Lipinski definition) is 1. The van der Waals surface area contributed by atoms with E-state index in [4.69, 9.17) is 11.6 Å². The molecular formula is C10H13ClFN. The molecule has 0 aliphatic carbocycles. The Morgan fingerprint density at radius 1 is 1.46 bits per heavy atom. The minimum absolute atomic E-state index is 0.0127. The lowest BCUT2D eigenvalue weighted by Gasteiger charge is -2.15. The van der Waals surface area contributed by atoms with Gasteiger partial charge in [-0.1, -0.05) is 18.2 Å². The average molecular weight is 202 g/mol. The molecule has 0 saturated carbocycles. The topological polar surface area (TPSA) is 12.0 Å². The van der Waals surface area contributed by atoms with Crippen LogP contribution in [-0.4, -0.2) is 12.9 Å². The Hall–Kier alpha value is -0.600. The summed E-state index contributed by atoms with van der Waals surface area (Å²) in [5.41, 5.74) is 0.686. The SMILES string of the molecule is CNC(CCCl)c1ccccc1F. The molecule has 1 unspecified atom stereocenters. The van der Waals surface area contributed by atoms with Gasteiger partial charge in [0.2, 0.25) is 0 Å². The molecule has 0 fully saturated rings. The summed E-state index contributed by atoms with van der Waals surface area (Å²) < 4.78 is 13.3. The molecule has 0 aliphatic rings. The molecule has 0 bridgehead atoms. The van der Waals surface area contributed by atoms with Crippen molar-refractivity contribution in [2.45, 2.75) is 12.5 Å². The van der Waals surface area contributed by atoms with Crippen LogP contribution in [0.15, 0.2) is 24.3 Å². The number of nitrogens with one attached hydrogen (secondary N) is 1. The van der Waals surface area contributed by atoms with Gasteiger partial charge < -0.3 is 5.32 Å². The number of halogens is 2. The van der Waals surface area contributed by atoms with Crippen LogP contribution in [0.3, 0.4) is 0 Å². The monoisotopic (exact) mass is 201 g/mol. The van der Waals surface area contributed by atoms with Gasteiger partial charge in [-0.05, 0) is 19.5 Å². The Balaban J connectivity index is 2.84. The third-order valence-corrected chi connectivity index (χ3v) is 2.25. The van der Waals surface area contributed by atoms with Crippen LogP contribution < -0.4 is 5.32 Å². The first kappa shape index (κ1) is 10.5. The Kier molecular flexibility index (Phi) is 4.19. The molecule has 0 aliphatic heterocycles. The maximum Gasteiger partial charge on any atom is 0.127 e. The molecule has 3 heteroatoms. The first-order chi connectivity index (χ1) is 6.29. The van der Waals surface area contributed by atoms with Crippen molar-refractivity contribution in [3.63, 3.8) is 0 Å². The molecule has 0 amide bonds. The first-order valence-electron chi connectivity index (χ1n) is 4.27. The fourth-order valence-corrected chi connectivity index (χ4v) is 1.54. The zero-order chi connectivity index (χ0) is 9.68. The molecule has 1 rings (SSSR count). The average Bonchev–Trinajstić information content (AvgIpc) is 2.16. The maximum absolute atomic E-state index is 13.3. The Morgan fingerprint density at radius 2 is 2.15 bits per heavy atom. The van der Waals surface area contributed by atoms with Crippen LogP contribution in [0.2, 0.25) is 0 Å². The van der Waals surface area contributed by atoms with E-state index in [2.05, 4.69) is 5.32 Å². The van der Waals surface area contributed by atoms with Crippen molar-refractivity contribution in [2.75, 3.05) is 12.9 Å². The zero-order valence-electron chi connectivity index (χ0n) is 7.56. The number of rotatable bonds is 4. The van der Waals surface area contributed by atoms with Gasteiger partial charge in [0, 0.05) is 17.5 Å². The summed E-state index contributed by atoms with van der Waals surface area (Å²) in [7, 11) is 1.81. The molecule has 1 atom stereocenters. The predicted octanol–water partition coefficient (Wildman–Crippen LogP) is 2.72. The van der Waals surface area contributed by atoms with E-state index in [1.165, 1.54) is 6.07 Å². The highest BCUT2D eigenvalue weighted by atomic mass is 35.5. The summed E-state index contributed by atoms with van der Waals surface area (Å²) in [5, 5.41) is 3.04. The number of hydrogen-bond donors (Lipinski definition) is 1. The fraction of sp³-hybridized carbons (Fsp3) is 0.400. The highest BCUT2D eigenvalue weighted by Crippen LogP contribution is 2.19. The smallest absolute Gasteiger partial charge is 0.127 e. The van der Waals surface area contributed by atoms with Gasteiger partial charge in [0.05, 0.1) is 0 Å². The van der Waals surface area contributed by atoms with Crippen LogP contribution in [-0.2, 0) is 0 Å². The van der Waals surface area contributed by atoms with Crippen molar-refractivity contribution in [1.29, 1.82) is 0 Å². The lowest BCUT2D eigenvalue weighted by molar-refractivity contribution is 0.527. The van der Waals surface area contributed by atoms with Crippen LogP contribution in [0.4, 0.5) is 4.39 Å². The molecule has 0 spiro atoms. The van der Waals surface area contributed by atoms with E-state index < -0.39 is 0 Å². The van der Waals surface area contributed by atoms with Crippen molar-refractivity contribution in [1.82, 2.24) is 5.32 Å². The molecule has 1 aromatic carbocycles. The number of benzene rings is 1. The molecule has 0 saturated heterocycles. The highest BCUT2D eigenvalue weighted by molar-refractivity contribution is 6.17. The second kappa shape index (κ2) is 5.20. The van der Waals surface area contributed by atoms with Gasteiger partial charge in [0.15, 0.2) is 0 Å². The molecular weight excluding hydrogens is 189 g/mol. The van der Waals surface area contributed by atoms with E-state index in [9.17, 15) is 4.39 Å². The van der Waals surface area contributed by atoms with Crippen LogP contribution in [0, 0.1) is 5.82 Å². The summed E-state index contributed by atoms with van der Waals surface area (Å²) in [6.07, 6.45) is 0.735. The quantitative estimate of drug-likeness (QED) is 0.739. The van der Waals surface area contributed by atoms with Gasteiger partial charge in [-0.3, -0.25) is 0 Å². The number of alkyl halides is 1. The van der Waals surface area contributed by atoms with Crippen molar-refractivity contribution in [3.05, 3.63) is 35.6 Å². The third-order valence-electron chi connectivity index (χ3n) is 2.03. The maximum atomic E-state index is 13.3.